The van der Waals surface area contributed by atoms with Gasteiger partial charge in [-0.3, -0.25) is 0 Å². The summed E-state index contributed by atoms with van der Waals surface area (Å²) in [7, 11) is 0. The van der Waals surface area contributed by atoms with E-state index in [1.807, 2.05) is 24.3 Å². The number of hydrogen-bond donors (Lipinski definition) is 4. The number of rotatable bonds is 10. The van der Waals surface area contributed by atoms with Crippen molar-refractivity contribution in [1.29, 1.82) is 0 Å². The van der Waals surface area contributed by atoms with Gasteiger partial charge >= 0.3 is 11.9 Å². The van der Waals surface area contributed by atoms with Crippen molar-refractivity contribution in [2.75, 3.05) is 26.4 Å². The van der Waals surface area contributed by atoms with Gasteiger partial charge in [0.25, 0.3) is 0 Å². The van der Waals surface area contributed by atoms with Crippen molar-refractivity contribution in [1.82, 2.24) is 0 Å². The van der Waals surface area contributed by atoms with E-state index in [0.29, 0.717) is 11.5 Å². The van der Waals surface area contributed by atoms with Gasteiger partial charge in [0.15, 0.2) is 0 Å². The maximum absolute atomic E-state index is 9.25. The molecule has 0 aliphatic carbocycles. The van der Waals surface area contributed by atoms with Crippen molar-refractivity contribution in [3.63, 3.8) is 0 Å². The molecule has 0 aliphatic heterocycles. The molecule has 0 atom stereocenters. The van der Waals surface area contributed by atoms with Gasteiger partial charge < -0.3 is 29.9 Å². The highest BCUT2D eigenvalue weighted by atomic mass is 79.9. The van der Waals surface area contributed by atoms with Crippen LogP contribution in [0.4, 0.5) is 0 Å². The quantitative estimate of drug-likeness (QED) is 0.206. The lowest BCUT2D eigenvalue weighted by Crippen LogP contribution is -2.19. The average Bonchev–Trinajstić information content (AvgIpc) is 2.83. The Morgan fingerprint density at radius 1 is 0.757 bits per heavy atom. The molecule has 0 fully saturated rings. The summed E-state index contributed by atoms with van der Waals surface area (Å²) in [4.78, 5) is 18.5. The minimum absolute atomic E-state index is 0.0428. The van der Waals surface area contributed by atoms with Crippen LogP contribution in [0.5, 0.6) is 11.5 Å². The molecule has 8 nitrogen and oxygen atoms in total. The second-order valence-corrected chi connectivity index (χ2v) is 10.8. The fourth-order valence-corrected chi connectivity index (χ4v) is 5.41. The number of carboxylic acids is 2. The topological polar surface area (TPSA) is 134 Å². The highest BCUT2D eigenvalue weighted by Gasteiger charge is 2.27. The molecule has 0 spiro atoms. The minimum atomic E-state index is -0.981. The molecule has 2 aromatic carbocycles. The van der Waals surface area contributed by atoms with E-state index in [4.69, 9.17) is 29.9 Å². The van der Waals surface area contributed by atoms with Gasteiger partial charge in [0, 0.05) is 17.6 Å². The van der Waals surface area contributed by atoms with Gasteiger partial charge in [-0.2, -0.15) is 0 Å². The van der Waals surface area contributed by atoms with Crippen molar-refractivity contribution in [2.24, 2.45) is 0 Å². The number of benzene rings is 2. The van der Waals surface area contributed by atoms with E-state index in [2.05, 4.69) is 90.7 Å². The summed E-state index contributed by atoms with van der Waals surface area (Å²) in [5, 5.41) is 33.2. The van der Waals surface area contributed by atoms with Crippen LogP contribution in [0, 0.1) is 0 Å². The van der Waals surface area contributed by atoms with Gasteiger partial charge in [-0.25, -0.2) is 9.59 Å². The Morgan fingerprint density at radius 3 is 1.19 bits per heavy atom. The van der Waals surface area contributed by atoms with Crippen LogP contribution in [0.3, 0.4) is 0 Å². The first-order valence-electron chi connectivity index (χ1n) is 10.4. The fraction of sp³-hybridized carbons (Fsp3) is 0.280. The van der Waals surface area contributed by atoms with E-state index in [9.17, 15) is 9.59 Å². The SMILES string of the molecule is C=CC(=O)O.C=CC(=O)O.CC(C)(c1cc(Br)c(OCCO)c(Br)c1)c1cc(Br)c(OCCO)c(Br)c1. The Morgan fingerprint density at radius 2 is 1.00 bits per heavy atom. The van der Waals surface area contributed by atoms with Gasteiger partial charge in [0.1, 0.15) is 24.7 Å². The van der Waals surface area contributed by atoms with E-state index in [1.165, 1.54) is 0 Å². The first-order chi connectivity index (χ1) is 17.3. The average molecular weight is 776 g/mol. The lowest BCUT2D eigenvalue weighted by Gasteiger charge is -2.28. The largest absolute Gasteiger partial charge is 0.489 e. The first-order valence-corrected chi connectivity index (χ1v) is 13.6. The van der Waals surface area contributed by atoms with Crippen molar-refractivity contribution < 1.29 is 39.5 Å². The van der Waals surface area contributed by atoms with E-state index < -0.39 is 11.9 Å². The number of carbonyl (C=O) groups is 2. The molecule has 2 rings (SSSR count). The van der Waals surface area contributed by atoms with Crippen molar-refractivity contribution in [3.8, 4) is 11.5 Å². The monoisotopic (exact) mass is 772 g/mol. The minimum Gasteiger partial charge on any atom is -0.489 e. The molecule has 0 unspecified atom stereocenters. The number of carboxylic acid groups (broad SMARTS) is 2. The molecule has 0 heterocycles. The maximum atomic E-state index is 9.25. The predicted molar refractivity (Wildman–Crippen MR) is 157 cm³/mol. The van der Waals surface area contributed by atoms with Crippen LogP contribution in [0.25, 0.3) is 0 Å². The van der Waals surface area contributed by atoms with Crippen LogP contribution in [0.2, 0.25) is 0 Å². The number of aliphatic carboxylic acids is 2. The molecule has 0 bridgehead atoms. The number of hydrogen-bond acceptors (Lipinski definition) is 6. The normalized spacial score (nSPS) is 10.2. The lowest BCUT2D eigenvalue weighted by atomic mass is 9.78. The third-order valence-corrected chi connectivity index (χ3v) is 6.82. The standard InChI is InChI=1S/C19H20Br4O4.2C3H4O2/c1-19(2,11-7-13(20)17(14(21)8-11)26-5-3-24)12-9-15(22)18(16(23)10-12)27-6-4-25;2*1-2-3(4)5/h7-10,24-25H,3-6H2,1-2H3;2*2H,1H2,(H,4,5). The van der Waals surface area contributed by atoms with E-state index >= 15 is 0 Å². The van der Waals surface area contributed by atoms with Crippen molar-refractivity contribution in [3.05, 3.63) is 78.6 Å². The van der Waals surface area contributed by atoms with E-state index in [-0.39, 0.29) is 31.8 Å². The number of halogens is 4. The van der Waals surface area contributed by atoms with Gasteiger partial charge in [-0.1, -0.05) is 27.0 Å². The zero-order valence-corrected chi connectivity index (χ0v) is 26.5. The van der Waals surface area contributed by atoms with Crippen LogP contribution in [-0.2, 0) is 15.0 Å². The van der Waals surface area contributed by atoms with Crippen molar-refractivity contribution in [2.45, 2.75) is 19.3 Å². The third kappa shape index (κ3) is 12.1. The van der Waals surface area contributed by atoms with Crippen molar-refractivity contribution >= 4 is 75.7 Å². The molecule has 2 aromatic rings. The smallest absolute Gasteiger partial charge is 0.327 e. The highest BCUT2D eigenvalue weighted by molar-refractivity contribution is 9.11. The molecule has 0 saturated carbocycles. The second kappa shape index (κ2) is 17.7. The Balaban J connectivity index is 0.00000110. The van der Waals surface area contributed by atoms with Crippen LogP contribution >= 0.6 is 63.7 Å². The van der Waals surface area contributed by atoms with Crippen LogP contribution < -0.4 is 9.47 Å². The Hall–Kier alpha value is -1.70. The van der Waals surface area contributed by atoms with Crippen LogP contribution in [0.1, 0.15) is 25.0 Å². The molecular formula is C25H28Br4O8. The molecule has 0 aliphatic rings. The number of aliphatic hydroxyl groups excluding tert-OH is 2. The Bertz CT molecular complexity index is 957. The summed E-state index contributed by atoms with van der Waals surface area (Å²) in [6, 6.07) is 8.09. The zero-order chi connectivity index (χ0) is 28.8. The molecule has 0 aromatic heterocycles. The van der Waals surface area contributed by atoms with Gasteiger partial charge in [-0.05, 0) is 99.1 Å². The highest BCUT2D eigenvalue weighted by Crippen LogP contribution is 2.44. The Kier molecular flexibility index (Phi) is 16.9. The summed E-state index contributed by atoms with van der Waals surface area (Å²) < 4.78 is 14.4. The zero-order valence-electron chi connectivity index (χ0n) is 20.1. The molecule has 12 heteroatoms. The predicted octanol–water partition coefficient (Wildman–Crippen LogP) is 6.32. The third-order valence-electron chi connectivity index (χ3n) is 4.46. The fourth-order valence-electron chi connectivity index (χ4n) is 2.58. The molecule has 0 radical (unpaired) electrons. The van der Waals surface area contributed by atoms with Crippen LogP contribution in [0.15, 0.2) is 67.5 Å². The number of ether oxygens (including phenoxy) is 2. The molecular weight excluding hydrogens is 748 g/mol. The molecule has 0 amide bonds. The van der Waals surface area contributed by atoms with Crippen LogP contribution in [-0.4, -0.2) is 58.8 Å². The van der Waals surface area contributed by atoms with E-state index in [0.717, 1.165) is 41.2 Å². The molecule has 204 valence electrons. The number of aliphatic hydroxyl groups is 2. The van der Waals surface area contributed by atoms with Gasteiger partial charge in [0.2, 0.25) is 0 Å². The summed E-state index contributed by atoms with van der Waals surface area (Å²) >= 11 is 14.3. The summed E-state index contributed by atoms with van der Waals surface area (Å²) in [5.74, 6) is -0.632. The van der Waals surface area contributed by atoms with Gasteiger partial charge in [0.05, 0.1) is 31.1 Å². The first kappa shape index (κ1) is 35.3. The van der Waals surface area contributed by atoms with Gasteiger partial charge in [-0.15, -0.1) is 0 Å². The summed E-state index contributed by atoms with van der Waals surface area (Å²) in [6.07, 6.45) is 1.67. The molecule has 37 heavy (non-hydrogen) atoms. The summed E-state index contributed by atoms with van der Waals surface area (Å²) in [5.41, 5.74) is 1.86. The summed E-state index contributed by atoms with van der Waals surface area (Å²) in [6.45, 7) is 10.6. The molecule has 4 N–H and O–H groups in total. The lowest BCUT2D eigenvalue weighted by molar-refractivity contribution is -0.132. The molecule has 0 saturated heterocycles. The van der Waals surface area contributed by atoms with E-state index in [1.54, 1.807) is 0 Å². The second-order valence-electron chi connectivity index (χ2n) is 7.39. The maximum Gasteiger partial charge on any atom is 0.327 e. The Labute approximate surface area is 249 Å².